The van der Waals surface area contributed by atoms with E-state index in [0.29, 0.717) is 0 Å². The van der Waals surface area contributed by atoms with Crippen LogP contribution >= 0.6 is 0 Å². The molecule has 2 aliphatic rings. The lowest BCUT2D eigenvalue weighted by molar-refractivity contribution is -0.319. The molecule has 2 aliphatic heterocycles. The van der Waals surface area contributed by atoms with Gasteiger partial charge in [0.25, 0.3) is 0 Å². The minimum absolute atomic E-state index is 0.148. The predicted octanol–water partition coefficient (Wildman–Crippen LogP) is -2.77. The summed E-state index contributed by atoms with van der Waals surface area (Å²) in [6.45, 7) is 3.36. The minimum atomic E-state index is -1.52. The first-order valence-electron chi connectivity index (χ1n) is 8.44. The van der Waals surface area contributed by atoms with Gasteiger partial charge in [-0.05, 0) is 13.8 Å². The fourth-order valence-corrected chi connectivity index (χ4v) is 2.62. The maximum absolute atomic E-state index is 10.1. The number of aliphatic hydroxyl groups is 6. The molecular weight excluding hydrogens is 352 g/mol. The lowest BCUT2D eigenvalue weighted by Gasteiger charge is -2.41. The van der Waals surface area contributed by atoms with Gasteiger partial charge in [0.1, 0.15) is 42.7 Å². The van der Waals surface area contributed by atoms with Crippen LogP contribution in [0.4, 0.5) is 0 Å². The minimum Gasteiger partial charge on any atom is -0.388 e. The van der Waals surface area contributed by atoms with E-state index >= 15 is 0 Å². The molecule has 2 rings (SSSR count). The summed E-state index contributed by atoms with van der Waals surface area (Å²) in [5.74, 6) is 0. The van der Waals surface area contributed by atoms with Crippen molar-refractivity contribution in [2.24, 2.45) is 0 Å². The monoisotopic (exact) mass is 380 g/mol. The van der Waals surface area contributed by atoms with E-state index in [-0.39, 0.29) is 19.8 Å². The lowest BCUT2D eigenvalue weighted by atomic mass is 9.99. The van der Waals surface area contributed by atoms with Crippen LogP contribution in [0.5, 0.6) is 0 Å². The molecule has 0 amide bonds. The van der Waals surface area contributed by atoms with E-state index < -0.39 is 55.3 Å². The van der Waals surface area contributed by atoms with Crippen molar-refractivity contribution >= 4 is 0 Å². The first kappa shape index (κ1) is 21.6. The summed E-state index contributed by atoms with van der Waals surface area (Å²) in [4.78, 5) is 0. The Balaban J connectivity index is 1.91. The van der Waals surface area contributed by atoms with Gasteiger partial charge in [0, 0.05) is 0 Å². The fourth-order valence-electron chi connectivity index (χ4n) is 2.62. The average molecular weight is 380 g/mol. The molecule has 6 N–H and O–H groups in total. The topological polar surface area (TPSA) is 158 Å². The van der Waals surface area contributed by atoms with Crippen LogP contribution in [0.15, 0.2) is 11.6 Å². The van der Waals surface area contributed by atoms with Gasteiger partial charge in [-0.25, -0.2) is 0 Å². The molecule has 10 nitrogen and oxygen atoms in total. The Labute approximate surface area is 151 Å². The third-order valence-corrected chi connectivity index (χ3v) is 4.30. The van der Waals surface area contributed by atoms with Crippen LogP contribution < -0.4 is 0 Å². The Morgan fingerprint density at radius 3 is 2.19 bits per heavy atom. The molecule has 0 aromatic carbocycles. The SMILES string of the molecule is CC(C)=CCO[C@@H]1O[C@H](CO[C@@H]2OC[C@H](O)[C@H](O)[C@H]2O)[C@@H](O)[C@H](O)[C@H]1O. The van der Waals surface area contributed by atoms with Crippen molar-refractivity contribution in [2.75, 3.05) is 19.8 Å². The van der Waals surface area contributed by atoms with Crippen LogP contribution in [-0.4, -0.2) is 106 Å². The van der Waals surface area contributed by atoms with Crippen molar-refractivity contribution in [1.29, 1.82) is 0 Å². The molecule has 152 valence electrons. The Kier molecular flexibility index (Phi) is 7.91. The van der Waals surface area contributed by atoms with E-state index in [9.17, 15) is 30.6 Å². The highest BCUT2D eigenvalue weighted by atomic mass is 16.7. The number of allylic oxidation sites excluding steroid dienone is 1. The second kappa shape index (κ2) is 9.51. The summed E-state index contributed by atoms with van der Waals surface area (Å²) < 4.78 is 21.2. The number of rotatable bonds is 6. The zero-order valence-corrected chi connectivity index (χ0v) is 14.7. The second-order valence-electron chi connectivity index (χ2n) is 6.71. The van der Waals surface area contributed by atoms with Crippen LogP contribution in [0.25, 0.3) is 0 Å². The summed E-state index contributed by atoms with van der Waals surface area (Å²) in [7, 11) is 0. The molecule has 26 heavy (non-hydrogen) atoms. The molecule has 2 heterocycles. The zero-order valence-electron chi connectivity index (χ0n) is 14.7. The first-order chi connectivity index (χ1) is 12.2. The molecule has 0 radical (unpaired) electrons. The quantitative estimate of drug-likeness (QED) is 0.266. The molecule has 0 spiro atoms. The molecule has 0 saturated carbocycles. The van der Waals surface area contributed by atoms with Gasteiger partial charge < -0.3 is 49.6 Å². The van der Waals surface area contributed by atoms with Gasteiger partial charge in [-0.3, -0.25) is 0 Å². The van der Waals surface area contributed by atoms with Gasteiger partial charge in [0.15, 0.2) is 12.6 Å². The number of aliphatic hydroxyl groups excluding tert-OH is 6. The van der Waals surface area contributed by atoms with E-state index in [1.165, 1.54) is 0 Å². The smallest absolute Gasteiger partial charge is 0.187 e. The Bertz CT molecular complexity index is 468. The molecule has 0 unspecified atom stereocenters. The summed E-state index contributed by atoms with van der Waals surface area (Å²) in [5, 5.41) is 58.9. The van der Waals surface area contributed by atoms with E-state index in [1.54, 1.807) is 6.08 Å². The number of hydrogen-bond donors (Lipinski definition) is 6. The molecular formula is C16H28O10. The van der Waals surface area contributed by atoms with Gasteiger partial charge in [-0.2, -0.15) is 0 Å². The van der Waals surface area contributed by atoms with E-state index in [4.69, 9.17) is 18.9 Å². The van der Waals surface area contributed by atoms with Gasteiger partial charge in [-0.1, -0.05) is 11.6 Å². The van der Waals surface area contributed by atoms with Gasteiger partial charge in [0.05, 0.1) is 19.8 Å². The average Bonchev–Trinajstić information content (AvgIpc) is 2.60. The van der Waals surface area contributed by atoms with Crippen molar-refractivity contribution in [3.05, 3.63) is 11.6 Å². The number of hydrogen-bond acceptors (Lipinski definition) is 10. The highest BCUT2D eigenvalue weighted by Gasteiger charge is 2.45. The lowest BCUT2D eigenvalue weighted by Crippen LogP contribution is -2.60. The normalized spacial score (nSPS) is 43.9. The van der Waals surface area contributed by atoms with Crippen LogP contribution in [-0.2, 0) is 18.9 Å². The fraction of sp³-hybridized carbons (Fsp3) is 0.875. The van der Waals surface area contributed by atoms with Crippen LogP contribution in [0.2, 0.25) is 0 Å². The van der Waals surface area contributed by atoms with Crippen LogP contribution in [0.3, 0.4) is 0 Å². The molecule has 0 bridgehead atoms. The Hall–Kier alpha value is -0.660. The van der Waals surface area contributed by atoms with Crippen molar-refractivity contribution in [1.82, 2.24) is 0 Å². The highest BCUT2D eigenvalue weighted by Crippen LogP contribution is 2.24. The molecule has 2 fully saturated rings. The highest BCUT2D eigenvalue weighted by molar-refractivity contribution is 4.94. The van der Waals surface area contributed by atoms with Gasteiger partial charge in [0.2, 0.25) is 0 Å². The number of ether oxygens (including phenoxy) is 4. The summed E-state index contributed by atoms with van der Waals surface area (Å²) in [6.07, 6.45) is -10.3. The van der Waals surface area contributed by atoms with Crippen molar-refractivity contribution in [3.8, 4) is 0 Å². The molecule has 0 aromatic rings. The molecule has 10 heteroatoms. The van der Waals surface area contributed by atoms with Gasteiger partial charge in [-0.15, -0.1) is 0 Å². The molecule has 9 atom stereocenters. The van der Waals surface area contributed by atoms with E-state index in [1.807, 2.05) is 13.8 Å². The molecule has 2 saturated heterocycles. The largest absolute Gasteiger partial charge is 0.388 e. The summed E-state index contributed by atoms with van der Waals surface area (Å²) in [6, 6.07) is 0. The van der Waals surface area contributed by atoms with Crippen molar-refractivity contribution < 1.29 is 49.6 Å². The third kappa shape index (κ3) is 5.20. The van der Waals surface area contributed by atoms with Crippen molar-refractivity contribution in [2.45, 2.75) is 69.2 Å². The van der Waals surface area contributed by atoms with E-state index in [0.717, 1.165) is 5.57 Å². The van der Waals surface area contributed by atoms with Crippen LogP contribution in [0.1, 0.15) is 13.8 Å². The van der Waals surface area contributed by atoms with E-state index in [2.05, 4.69) is 0 Å². The summed E-state index contributed by atoms with van der Waals surface area (Å²) in [5.41, 5.74) is 1.000. The molecule has 0 aromatic heterocycles. The maximum atomic E-state index is 10.1. The Morgan fingerprint density at radius 2 is 1.54 bits per heavy atom. The molecule has 0 aliphatic carbocycles. The predicted molar refractivity (Wildman–Crippen MR) is 85.8 cm³/mol. The second-order valence-corrected chi connectivity index (χ2v) is 6.71. The van der Waals surface area contributed by atoms with Crippen LogP contribution in [0, 0.1) is 0 Å². The Morgan fingerprint density at radius 1 is 0.885 bits per heavy atom. The maximum Gasteiger partial charge on any atom is 0.187 e. The van der Waals surface area contributed by atoms with Gasteiger partial charge >= 0.3 is 0 Å². The standard InChI is InChI=1S/C16H28O10/c1-7(2)3-4-23-16-14(22)12(20)11(19)9(26-16)6-25-15-13(21)10(18)8(17)5-24-15/h3,8-22H,4-6H2,1-2H3/t8-,9+,10-,11+,12-,13+,14+,15-,16+/m0/s1. The third-order valence-electron chi connectivity index (χ3n) is 4.30. The zero-order chi connectivity index (χ0) is 19.4. The first-order valence-corrected chi connectivity index (χ1v) is 8.44. The summed E-state index contributed by atoms with van der Waals surface area (Å²) >= 11 is 0. The van der Waals surface area contributed by atoms with Crippen molar-refractivity contribution in [3.63, 3.8) is 0 Å².